The summed E-state index contributed by atoms with van der Waals surface area (Å²) in [4.78, 5) is 24.2. The van der Waals surface area contributed by atoms with E-state index in [4.69, 9.17) is 4.74 Å². The van der Waals surface area contributed by atoms with Gasteiger partial charge in [-0.15, -0.1) is 0 Å². The van der Waals surface area contributed by atoms with E-state index >= 15 is 0 Å². The Morgan fingerprint density at radius 3 is 2.36 bits per heavy atom. The van der Waals surface area contributed by atoms with Crippen molar-refractivity contribution in [3.05, 3.63) is 41.1 Å². The maximum atomic E-state index is 13.1. The van der Waals surface area contributed by atoms with Gasteiger partial charge in [0.2, 0.25) is 0 Å². The Kier molecular flexibility index (Phi) is 5.67. The van der Waals surface area contributed by atoms with E-state index in [1.807, 2.05) is 0 Å². The van der Waals surface area contributed by atoms with Crippen LogP contribution >= 0.6 is 0 Å². The highest BCUT2D eigenvalue weighted by atomic mass is 19.4. The van der Waals surface area contributed by atoms with E-state index in [0.29, 0.717) is 18.4 Å². The minimum Gasteiger partial charge on any atom is -0.508 e. The topological polar surface area (TPSA) is 75.6 Å². The third kappa shape index (κ3) is 4.00. The van der Waals surface area contributed by atoms with Gasteiger partial charge in [0.1, 0.15) is 11.8 Å². The summed E-state index contributed by atoms with van der Waals surface area (Å²) >= 11 is 0. The van der Waals surface area contributed by atoms with E-state index in [0.717, 1.165) is 12.8 Å². The van der Waals surface area contributed by atoms with E-state index in [9.17, 15) is 27.9 Å². The number of ketones is 1. The lowest BCUT2D eigenvalue weighted by molar-refractivity contribution is -0.168. The Morgan fingerprint density at radius 1 is 1.18 bits per heavy atom. The number of esters is 1. The fourth-order valence-corrected chi connectivity index (χ4v) is 4.14. The molecule has 1 aromatic carbocycles. The van der Waals surface area contributed by atoms with Crippen molar-refractivity contribution < 1.29 is 32.6 Å². The Balaban J connectivity index is 1.89. The monoisotopic (exact) mass is 397 g/mol. The molecule has 1 saturated carbocycles. The quantitative estimate of drug-likeness (QED) is 0.721. The zero-order valence-corrected chi connectivity index (χ0v) is 15.4. The zero-order valence-electron chi connectivity index (χ0n) is 15.4. The normalized spacial score (nSPS) is 22.7. The molecule has 1 aromatic rings. The number of rotatable bonds is 6. The lowest BCUT2D eigenvalue weighted by Gasteiger charge is -2.45. The number of aromatic hydroxyl groups is 1. The van der Waals surface area contributed by atoms with Crippen LogP contribution in [0.5, 0.6) is 5.75 Å². The van der Waals surface area contributed by atoms with Crippen LogP contribution in [0.15, 0.2) is 35.5 Å². The number of carbonyl (C=O) groups excluding carboxylic acids is 2. The van der Waals surface area contributed by atoms with Crippen molar-refractivity contribution in [3.63, 3.8) is 0 Å². The SMILES string of the molecule is COC(=O)C(Cc1ccc(O)cc1)NC1=C(C(=O)C(F)(F)F)C2CCCCC12. The second kappa shape index (κ2) is 7.85. The molecule has 0 aliphatic heterocycles. The number of benzene rings is 1. The zero-order chi connectivity index (χ0) is 20.5. The number of fused-ring (bicyclic) bond motifs is 1. The number of alkyl halides is 3. The lowest BCUT2D eigenvalue weighted by Crippen LogP contribution is -2.50. The molecule has 0 radical (unpaired) electrons. The van der Waals surface area contributed by atoms with Crippen LogP contribution < -0.4 is 5.32 Å². The summed E-state index contributed by atoms with van der Waals surface area (Å²) in [5, 5.41) is 12.3. The van der Waals surface area contributed by atoms with E-state index < -0.39 is 29.9 Å². The predicted octanol–water partition coefficient (Wildman–Crippen LogP) is 3.27. The first kappa shape index (κ1) is 20.2. The van der Waals surface area contributed by atoms with Crippen molar-refractivity contribution in [2.24, 2.45) is 11.8 Å². The number of carbonyl (C=O) groups is 2. The first-order valence-electron chi connectivity index (χ1n) is 9.20. The van der Waals surface area contributed by atoms with Crippen LogP contribution in [0.2, 0.25) is 0 Å². The summed E-state index contributed by atoms with van der Waals surface area (Å²) in [6.45, 7) is 0. The summed E-state index contributed by atoms with van der Waals surface area (Å²) in [6.07, 6.45) is -1.88. The third-order valence-corrected chi connectivity index (χ3v) is 5.49. The van der Waals surface area contributed by atoms with Gasteiger partial charge in [0.05, 0.1) is 7.11 Å². The molecular formula is C20H22F3NO4. The van der Waals surface area contributed by atoms with Gasteiger partial charge in [-0.3, -0.25) is 4.79 Å². The Hall–Kier alpha value is -2.51. The Bertz CT molecular complexity index is 786. The molecule has 3 atom stereocenters. The highest BCUT2D eigenvalue weighted by Crippen LogP contribution is 2.50. The molecule has 3 unspecified atom stereocenters. The molecule has 0 heterocycles. The van der Waals surface area contributed by atoms with Crippen LogP contribution in [0.25, 0.3) is 0 Å². The number of methoxy groups -OCH3 is 1. The van der Waals surface area contributed by atoms with Crippen LogP contribution in [-0.4, -0.2) is 36.2 Å². The summed E-state index contributed by atoms with van der Waals surface area (Å²) in [5.74, 6) is -2.96. The van der Waals surface area contributed by atoms with Crippen molar-refractivity contribution in [1.29, 1.82) is 0 Å². The summed E-state index contributed by atoms with van der Waals surface area (Å²) in [6, 6.07) is 5.23. The standard InChI is InChI=1S/C20H22F3NO4/c1-28-19(27)15(10-11-6-8-12(25)9-7-11)24-17-14-5-3-2-4-13(14)16(17)18(26)20(21,22)23/h6-9,13-15,24-25H,2-5,10H2,1H3. The Labute approximate surface area is 160 Å². The molecule has 28 heavy (non-hydrogen) atoms. The maximum absolute atomic E-state index is 13.1. The number of Topliss-reactive ketones (excluding diaryl/α,β-unsaturated/α-hetero) is 1. The molecule has 2 aliphatic rings. The minimum atomic E-state index is -4.94. The number of phenolic OH excluding ortho intramolecular Hbond substituents is 1. The molecule has 2 aliphatic carbocycles. The molecule has 0 bridgehead atoms. The van der Waals surface area contributed by atoms with Gasteiger partial charge in [0, 0.05) is 23.6 Å². The van der Waals surface area contributed by atoms with Crippen LogP contribution in [-0.2, 0) is 20.7 Å². The number of phenols is 1. The maximum Gasteiger partial charge on any atom is 0.454 e. The smallest absolute Gasteiger partial charge is 0.454 e. The molecule has 0 saturated heterocycles. The summed E-state index contributed by atoms with van der Waals surface area (Å²) in [5.41, 5.74) is 0.683. The molecular weight excluding hydrogens is 375 g/mol. The van der Waals surface area contributed by atoms with Crippen LogP contribution in [0.1, 0.15) is 31.2 Å². The van der Waals surface area contributed by atoms with Crippen LogP contribution in [0, 0.1) is 11.8 Å². The number of allylic oxidation sites excluding steroid dienone is 2. The molecule has 5 nitrogen and oxygen atoms in total. The predicted molar refractivity (Wildman–Crippen MR) is 94.3 cm³/mol. The number of halogens is 3. The van der Waals surface area contributed by atoms with Gasteiger partial charge < -0.3 is 15.2 Å². The third-order valence-electron chi connectivity index (χ3n) is 5.49. The Morgan fingerprint density at radius 2 is 1.79 bits per heavy atom. The van der Waals surface area contributed by atoms with Gasteiger partial charge in [-0.2, -0.15) is 13.2 Å². The average molecular weight is 397 g/mol. The first-order valence-corrected chi connectivity index (χ1v) is 9.20. The van der Waals surface area contributed by atoms with E-state index in [1.54, 1.807) is 12.1 Å². The van der Waals surface area contributed by atoms with Gasteiger partial charge in [0.15, 0.2) is 0 Å². The van der Waals surface area contributed by atoms with Crippen molar-refractivity contribution in [2.75, 3.05) is 7.11 Å². The molecule has 3 rings (SSSR count). The van der Waals surface area contributed by atoms with Crippen LogP contribution in [0.3, 0.4) is 0 Å². The molecule has 0 amide bonds. The lowest BCUT2D eigenvalue weighted by atomic mass is 9.62. The number of ether oxygens (including phenoxy) is 1. The summed E-state index contributed by atoms with van der Waals surface area (Å²) in [7, 11) is 1.20. The fourth-order valence-electron chi connectivity index (χ4n) is 4.14. The largest absolute Gasteiger partial charge is 0.508 e. The van der Waals surface area contributed by atoms with E-state index in [2.05, 4.69) is 5.32 Å². The van der Waals surface area contributed by atoms with Gasteiger partial charge in [-0.1, -0.05) is 25.0 Å². The summed E-state index contributed by atoms with van der Waals surface area (Å²) < 4.78 is 44.0. The van der Waals surface area contributed by atoms with Crippen molar-refractivity contribution in [1.82, 2.24) is 5.32 Å². The molecule has 1 fully saturated rings. The number of hydrogen-bond acceptors (Lipinski definition) is 5. The van der Waals surface area contributed by atoms with E-state index in [1.165, 1.54) is 19.2 Å². The van der Waals surface area contributed by atoms with E-state index in [-0.39, 0.29) is 29.4 Å². The highest BCUT2D eigenvalue weighted by molar-refractivity contribution is 6.02. The first-order chi connectivity index (χ1) is 13.2. The van der Waals surface area contributed by atoms with Gasteiger partial charge in [0.25, 0.3) is 5.78 Å². The highest BCUT2D eigenvalue weighted by Gasteiger charge is 2.52. The molecule has 0 spiro atoms. The molecule has 0 aromatic heterocycles. The van der Waals surface area contributed by atoms with Gasteiger partial charge >= 0.3 is 12.1 Å². The molecule has 152 valence electrons. The fraction of sp³-hybridized carbons (Fsp3) is 0.500. The second-order valence-electron chi connectivity index (χ2n) is 7.24. The number of hydrogen-bond donors (Lipinski definition) is 2. The number of nitrogens with one attached hydrogen (secondary N) is 1. The van der Waals surface area contributed by atoms with Gasteiger partial charge in [-0.25, -0.2) is 4.79 Å². The second-order valence-corrected chi connectivity index (χ2v) is 7.24. The molecule has 8 heteroatoms. The van der Waals surface area contributed by atoms with Crippen molar-refractivity contribution in [2.45, 2.75) is 44.3 Å². The van der Waals surface area contributed by atoms with Crippen molar-refractivity contribution >= 4 is 11.8 Å². The van der Waals surface area contributed by atoms with Gasteiger partial charge in [-0.05, 0) is 36.5 Å². The molecule has 2 N–H and O–H groups in total. The minimum absolute atomic E-state index is 0.0659. The van der Waals surface area contributed by atoms with Crippen LogP contribution in [0.4, 0.5) is 13.2 Å². The van der Waals surface area contributed by atoms with Crippen molar-refractivity contribution in [3.8, 4) is 5.75 Å². The average Bonchev–Trinajstić information content (AvgIpc) is 2.65.